The summed E-state index contributed by atoms with van der Waals surface area (Å²) in [7, 11) is 1.56. The molecule has 34 heavy (non-hydrogen) atoms. The van der Waals surface area contributed by atoms with Crippen LogP contribution >= 0.6 is 0 Å². The second-order valence-electron chi connectivity index (χ2n) is 7.40. The Morgan fingerprint density at radius 2 is 1.62 bits per heavy atom. The third-order valence-corrected chi connectivity index (χ3v) is 5.18. The fraction of sp³-hybridized carbons (Fsp3) is 0.192. The number of carbonyl (C=O) groups excluding carboxylic acids is 1. The van der Waals surface area contributed by atoms with Gasteiger partial charge >= 0.3 is 12.1 Å². The van der Waals surface area contributed by atoms with Gasteiger partial charge in [-0.3, -0.25) is 0 Å². The molecule has 0 aliphatic heterocycles. The number of rotatable bonds is 7. The molecule has 3 aromatic carbocycles. The number of ether oxygens (including phenoxy) is 3. The van der Waals surface area contributed by atoms with E-state index in [2.05, 4.69) is 0 Å². The Morgan fingerprint density at radius 3 is 2.24 bits per heavy atom. The zero-order valence-electron chi connectivity index (χ0n) is 18.4. The van der Waals surface area contributed by atoms with Crippen LogP contribution in [0.2, 0.25) is 0 Å². The number of hydrogen-bond acceptors (Lipinski definition) is 5. The van der Waals surface area contributed by atoms with Gasteiger partial charge in [0.05, 0.1) is 19.3 Å². The van der Waals surface area contributed by atoms with Gasteiger partial charge in [-0.15, -0.1) is 0 Å². The molecule has 0 aliphatic rings. The minimum absolute atomic E-state index is 0.0571. The average Bonchev–Trinajstić information content (AvgIpc) is 3.21. The molecule has 8 heteroatoms. The minimum Gasteiger partial charge on any atom is -0.497 e. The number of benzene rings is 3. The molecule has 1 aromatic heterocycles. The number of carbonyl (C=O) groups is 1. The van der Waals surface area contributed by atoms with Crippen molar-refractivity contribution >= 4 is 16.9 Å². The molecule has 4 aromatic rings. The van der Waals surface area contributed by atoms with Gasteiger partial charge in [-0.2, -0.15) is 13.2 Å². The summed E-state index contributed by atoms with van der Waals surface area (Å²) in [5.41, 5.74) is 1.26. The summed E-state index contributed by atoms with van der Waals surface area (Å²) in [6, 6.07) is 16.8. The molecule has 0 saturated heterocycles. The summed E-state index contributed by atoms with van der Waals surface area (Å²) in [4.78, 5) is 12.8. The standard InChI is InChI=1S/C26H21F3O5/c1-3-32-25(30)23-21-14-20(33-15-16-4-8-18(9-5-16)26(27,28)29)12-13-22(21)34-24(23)17-6-10-19(31-2)11-7-17/h4-14H,3,15H2,1-2H3. The van der Waals surface area contributed by atoms with Gasteiger partial charge in [0.25, 0.3) is 0 Å². The number of halogens is 3. The van der Waals surface area contributed by atoms with Gasteiger partial charge in [0.15, 0.2) is 0 Å². The van der Waals surface area contributed by atoms with Gasteiger partial charge in [0, 0.05) is 10.9 Å². The van der Waals surface area contributed by atoms with E-state index in [9.17, 15) is 18.0 Å². The van der Waals surface area contributed by atoms with Gasteiger partial charge in [0.2, 0.25) is 0 Å². The second kappa shape index (κ2) is 9.51. The maximum Gasteiger partial charge on any atom is 0.416 e. The van der Waals surface area contributed by atoms with E-state index in [1.165, 1.54) is 12.1 Å². The molecule has 0 bridgehead atoms. The van der Waals surface area contributed by atoms with Crippen molar-refractivity contribution in [1.29, 1.82) is 0 Å². The molecule has 0 spiro atoms. The Hall–Kier alpha value is -3.94. The van der Waals surface area contributed by atoms with Crippen LogP contribution in [0, 0.1) is 0 Å². The Kier molecular flexibility index (Phi) is 6.49. The smallest absolute Gasteiger partial charge is 0.416 e. The Labute approximate surface area is 193 Å². The number of hydrogen-bond donors (Lipinski definition) is 0. The quantitative estimate of drug-likeness (QED) is 0.276. The zero-order valence-corrected chi connectivity index (χ0v) is 18.4. The molecule has 4 rings (SSSR count). The Morgan fingerprint density at radius 1 is 0.941 bits per heavy atom. The van der Waals surface area contributed by atoms with Crippen molar-refractivity contribution in [2.75, 3.05) is 13.7 Å². The molecule has 0 saturated carbocycles. The lowest BCUT2D eigenvalue weighted by Gasteiger charge is -2.09. The predicted molar refractivity (Wildman–Crippen MR) is 120 cm³/mol. The van der Waals surface area contributed by atoms with Gasteiger partial charge in [0.1, 0.15) is 35.0 Å². The van der Waals surface area contributed by atoms with E-state index in [1.54, 1.807) is 56.5 Å². The third kappa shape index (κ3) is 4.85. The number of alkyl halides is 3. The molecule has 0 N–H and O–H groups in total. The first kappa shape index (κ1) is 23.2. The van der Waals surface area contributed by atoms with Crippen LogP contribution < -0.4 is 9.47 Å². The highest BCUT2D eigenvalue weighted by Gasteiger charge is 2.30. The molecular formula is C26H21F3O5. The lowest BCUT2D eigenvalue weighted by Crippen LogP contribution is -2.05. The van der Waals surface area contributed by atoms with Crippen molar-refractivity contribution in [1.82, 2.24) is 0 Å². The Balaban J connectivity index is 1.65. The molecule has 0 radical (unpaired) electrons. The maximum absolute atomic E-state index is 12.8. The van der Waals surface area contributed by atoms with Crippen LogP contribution in [0.3, 0.4) is 0 Å². The van der Waals surface area contributed by atoms with E-state index in [0.717, 1.165) is 12.1 Å². The first-order valence-electron chi connectivity index (χ1n) is 10.5. The van der Waals surface area contributed by atoms with Gasteiger partial charge < -0.3 is 18.6 Å². The summed E-state index contributed by atoms with van der Waals surface area (Å²) in [6.07, 6.45) is -4.39. The molecule has 1 heterocycles. The molecule has 5 nitrogen and oxygen atoms in total. The van der Waals surface area contributed by atoms with Gasteiger partial charge in [-0.05, 0) is 67.1 Å². The summed E-state index contributed by atoms with van der Waals surface area (Å²) in [5, 5.41) is 0.509. The van der Waals surface area contributed by atoms with Crippen LogP contribution in [0.25, 0.3) is 22.3 Å². The molecule has 0 aliphatic carbocycles. The van der Waals surface area contributed by atoms with Crippen molar-refractivity contribution in [2.24, 2.45) is 0 Å². The fourth-order valence-corrected chi connectivity index (χ4v) is 3.47. The van der Waals surface area contributed by atoms with Crippen LogP contribution in [0.4, 0.5) is 13.2 Å². The van der Waals surface area contributed by atoms with Crippen LogP contribution in [-0.2, 0) is 17.5 Å². The Bertz CT molecular complexity index is 1290. The first-order chi connectivity index (χ1) is 16.3. The number of furan rings is 1. The van der Waals surface area contributed by atoms with E-state index < -0.39 is 17.7 Å². The van der Waals surface area contributed by atoms with Crippen molar-refractivity contribution < 1.29 is 36.6 Å². The number of esters is 1. The highest BCUT2D eigenvalue weighted by molar-refractivity contribution is 6.09. The highest BCUT2D eigenvalue weighted by Crippen LogP contribution is 2.37. The van der Waals surface area contributed by atoms with E-state index >= 15 is 0 Å². The number of methoxy groups -OCH3 is 1. The van der Waals surface area contributed by atoms with Gasteiger partial charge in [-0.1, -0.05) is 12.1 Å². The third-order valence-electron chi connectivity index (χ3n) is 5.18. The predicted octanol–water partition coefficient (Wildman–Crippen LogP) is 6.88. The van der Waals surface area contributed by atoms with Crippen LogP contribution in [-0.4, -0.2) is 19.7 Å². The lowest BCUT2D eigenvalue weighted by molar-refractivity contribution is -0.137. The largest absolute Gasteiger partial charge is 0.497 e. The van der Waals surface area contributed by atoms with Crippen molar-refractivity contribution in [3.63, 3.8) is 0 Å². The molecule has 0 amide bonds. The first-order valence-corrected chi connectivity index (χ1v) is 10.5. The SMILES string of the molecule is CCOC(=O)c1c(-c2ccc(OC)cc2)oc2ccc(OCc3ccc(C(F)(F)F)cc3)cc12. The summed E-state index contributed by atoms with van der Waals surface area (Å²) < 4.78 is 60.5. The van der Waals surface area contributed by atoms with E-state index in [1.807, 2.05) is 0 Å². The summed E-state index contributed by atoms with van der Waals surface area (Å²) >= 11 is 0. The zero-order chi connectivity index (χ0) is 24.3. The van der Waals surface area contributed by atoms with Gasteiger partial charge in [-0.25, -0.2) is 4.79 Å². The number of fused-ring (bicyclic) bond motifs is 1. The molecule has 0 atom stereocenters. The van der Waals surface area contributed by atoms with E-state index in [-0.39, 0.29) is 18.8 Å². The van der Waals surface area contributed by atoms with Crippen molar-refractivity contribution in [3.05, 3.63) is 83.4 Å². The van der Waals surface area contributed by atoms with E-state index in [0.29, 0.717) is 39.4 Å². The topological polar surface area (TPSA) is 57.9 Å². The average molecular weight is 470 g/mol. The molecule has 176 valence electrons. The molecule has 0 unspecified atom stereocenters. The second-order valence-corrected chi connectivity index (χ2v) is 7.40. The monoisotopic (exact) mass is 470 g/mol. The van der Waals surface area contributed by atoms with Crippen LogP contribution in [0.15, 0.2) is 71.1 Å². The van der Waals surface area contributed by atoms with E-state index in [4.69, 9.17) is 18.6 Å². The maximum atomic E-state index is 12.8. The minimum atomic E-state index is -4.39. The van der Waals surface area contributed by atoms with Crippen LogP contribution in [0.5, 0.6) is 11.5 Å². The normalized spacial score (nSPS) is 11.4. The van der Waals surface area contributed by atoms with Crippen molar-refractivity contribution in [3.8, 4) is 22.8 Å². The fourth-order valence-electron chi connectivity index (χ4n) is 3.47. The summed E-state index contributed by atoms with van der Waals surface area (Å²) in [5.74, 6) is 0.916. The van der Waals surface area contributed by atoms with Crippen molar-refractivity contribution in [2.45, 2.75) is 19.7 Å². The molecule has 0 fully saturated rings. The lowest BCUT2D eigenvalue weighted by atomic mass is 10.1. The highest BCUT2D eigenvalue weighted by atomic mass is 19.4. The summed E-state index contributed by atoms with van der Waals surface area (Å²) in [6.45, 7) is 1.96. The van der Waals surface area contributed by atoms with Crippen LogP contribution in [0.1, 0.15) is 28.4 Å². The molecular weight excluding hydrogens is 449 g/mol.